The zero-order valence-electron chi connectivity index (χ0n) is 15.6. The Bertz CT molecular complexity index is 617. The predicted octanol–water partition coefficient (Wildman–Crippen LogP) is 4.10. The van der Waals surface area contributed by atoms with Crippen molar-refractivity contribution < 1.29 is 9.53 Å². The Labute approximate surface area is 156 Å². The maximum Gasteiger partial charge on any atom is 0.225 e. The molecule has 26 heavy (non-hydrogen) atoms. The summed E-state index contributed by atoms with van der Waals surface area (Å²) in [6, 6.07) is 1.85. The Kier molecular flexibility index (Phi) is 8.60. The lowest BCUT2D eigenvalue weighted by molar-refractivity contribution is -0.107. The molecule has 1 fully saturated rings. The van der Waals surface area contributed by atoms with Crippen LogP contribution in [0.1, 0.15) is 39.0 Å². The van der Waals surface area contributed by atoms with Gasteiger partial charge in [0.1, 0.15) is 12.0 Å². The molecule has 0 bridgehead atoms. The lowest BCUT2D eigenvalue weighted by Crippen LogP contribution is -2.34. The summed E-state index contributed by atoms with van der Waals surface area (Å²) in [5.74, 6) is 2.42. The van der Waals surface area contributed by atoms with Gasteiger partial charge < -0.3 is 14.4 Å². The zero-order chi connectivity index (χ0) is 18.6. The molecule has 0 atom stereocenters. The summed E-state index contributed by atoms with van der Waals surface area (Å²) in [4.78, 5) is 21.4. The monoisotopic (exact) mass is 355 g/mol. The van der Waals surface area contributed by atoms with Crippen LogP contribution >= 0.6 is 0 Å². The number of hydrogen-bond acceptors (Lipinski definition) is 5. The highest BCUT2D eigenvalue weighted by Crippen LogP contribution is 2.24. The van der Waals surface area contributed by atoms with Gasteiger partial charge in [0.15, 0.2) is 0 Å². The summed E-state index contributed by atoms with van der Waals surface area (Å²) in [7, 11) is 0. The third-order valence-electron chi connectivity index (χ3n) is 4.59. The number of carbonyl (C=O) groups is 1. The van der Waals surface area contributed by atoms with E-state index in [2.05, 4.69) is 21.4 Å². The second-order valence-electron chi connectivity index (χ2n) is 6.52. The molecule has 1 aromatic heterocycles. The SMILES string of the molecule is C=C(/C=C\C(=C/C)OCCCC1CCN(c2ncccn2)CC1)CC=O. The Morgan fingerprint density at radius 2 is 2.04 bits per heavy atom. The number of aromatic nitrogens is 2. The van der Waals surface area contributed by atoms with E-state index >= 15 is 0 Å². The average molecular weight is 355 g/mol. The molecule has 0 amide bonds. The number of hydrogen-bond donors (Lipinski definition) is 0. The fraction of sp³-hybridized carbons (Fsp3) is 0.476. The minimum Gasteiger partial charge on any atom is -0.494 e. The first-order valence-electron chi connectivity index (χ1n) is 9.33. The van der Waals surface area contributed by atoms with E-state index in [1.54, 1.807) is 12.4 Å². The van der Waals surface area contributed by atoms with Crippen LogP contribution < -0.4 is 4.90 Å². The summed E-state index contributed by atoms with van der Waals surface area (Å²) >= 11 is 0. The van der Waals surface area contributed by atoms with Crippen molar-refractivity contribution >= 4 is 12.2 Å². The van der Waals surface area contributed by atoms with Crippen LogP contribution in [-0.2, 0) is 9.53 Å². The number of aldehydes is 1. The van der Waals surface area contributed by atoms with Gasteiger partial charge in [0, 0.05) is 31.9 Å². The lowest BCUT2D eigenvalue weighted by atomic mass is 9.92. The number of piperidine rings is 1. The highest BCUT2D eigenvalue weighted by molar-refractivity contribution is 5.55. The van der Waals surface area contributed by atoms with Gasteiger partial charge in [0.05, 0.1) is 6.61 Å². The van der Waals surface area contributed by atoms with Gasteiger partial charge in [-0.1, -0.05) is 12.7 Å². The second-order valence-corrected chi connectivity index (χ2v) is 6.52. The van der Waals surface area contributed by atoms with Crippen LogP contribution in [0.25, 0.3) is 0 Å². The Morgan fingerprint density at radius 1 is 1.31 bits per heavy atom. The molecular weight excluding hydrogens is 326 g/mol. The predicted molar refractivity (Wildman–Crippen MR) is 105 cm³/mol. The van der Waals surface area contributed by atoms with Crippen LogP contribution in [-0.4, -0.2) is 36.0 Å². The van der Waals surface area contributed by atoms with Gasteiger partial charge in [-0.3, -0.25) is 0 Å². The molecule has 0 aromatic carbocycles. The van der Waals surface area contributed by atoms with Crippen molar-refractivity contribution in [3.63, 3.8) is 0 Å². The minimum absolute atomic E-state index is 0.361. The molecule has 0 N–H and O–H groups in total. The normalized spacial score (nSPS) is 16.0. The number of ether oxygens (including phenoxy) is 1. The number of nitrogens with zero attached hydrogens (tertiary/aromatic N) is 3. The molecular formula is C21H29N3O2. The highest BCUT2D eigenvalue weighted by Gasteiger charge is 2.20. The van der Waals surface area contributed by atoms with Crippen molar-refractivity contribution in [1.82, 2.24) is 9.97 Å². The third kappa shape index (κ3) is 6.82. The maximum atomic E-state index is 10.4. The van der Waals surface area contributed by atoms with Crippen molar-refractivity contribution in [2.45, 2.75) is 39.0 Å². The third-order valence-corrected chi connectivity index (χ3v) is 4.59. The van der Waals surface area contributed by atoms with Gasteiger partial charge in [0.25, 0.3) is 0 Å². The molecule has 0 saturated carbocycles. The molecule has 1 aromatic rings. The lowest BCUT2D eigenvalue weighted by Gasteiger charge is -2.31. The molecule has 1 aliphatic rings. The van der Waals surface area contributed by atoms with E-state index in [4.69, 9.17) is 4.74 Å². The summed E-state index contributed by atoms with van der Waals surface area (Å²) < 4.78 is 5.82. The van der Waals surface area contributed by atoms with Crippen LogP contribution in [0.2, 0.25) is 0 Å². The van der Waals surface area contributed by atoms with Gasteiger partial charge >= 0.3 is 0 Å². The van der Waals surface area contributed by atoms with E-state index in [9.17, 15) is 4.79 Å². The fourth-order valence-electron chi connectivity index (χ4n) is 3.04. The highest BCUT2D eigenvalue weighted by atomic mass is 16.5. The Morgan fingerprint density at radius 3 is 2.69 bits per heavy atom. The molecule has 0 aliphatic carbocycles. The number of allylic oxidation sites excluding steroid dienone is 4. The molecule has 1 saturated heterocycles. The quantitative estimate of drug-likeness (QED) is 0.274. The zero-order valence-corrected chi connectivity index (χ0v) is 15.6. The van der Waals surface area contributed by atoms with Crippen LogP contribution in [0, 0.1) is 5.92 Å². The van der Waals surface area contributed by atoms with Gasteiger partial charge in [0.2, 0.25) is 5.95 Å². The van der Waals surface area contributed by atoms with Gasteiger partial charge in [-0.2, -0.15) is 0 Å². The van der Waals surface area contributed by atoms with Crippen LogP contribution in [0.4, 0.5) is 5.95 Å². The van der Waals surface area contributed by atoms with Crippen LogP contribution in [0.15, 0.2) is 54.6 Å². The van der Waals surface area contributed by atoms with Crippen molar-refractivity contribution in [1.29, 1.82) is 0 Å². The molecule has 1 aliphatic heterocycles. The molecule has 0 radical (unpaired) electrons. The first kappa shape index (κ1) is 19.9. The fourth-order valence-corrected chi connectivity index (χ4v) is 3.04. The van der Waals surface area contributed by atoms with Crippen molar-refractivity contribution in [2.75, 3.05) is 24.6 Å². The van der Waals surface area contributed by atoms with Crippen molar-refractivity contribution in [3.8, 4) is 0 Å². The van der Waals surface area contributed by atoms with Crippen LogP contribution in [0.3, 0.4) is 0 Å². The Hall–Kier alpha value is -2.43. The average Bonchev–Trinajstić information content (AvgIpc) is 2.69. The van der Waals surface area contributed by atoms with E-state index in [1.807, 2.05) is 31.2 Å². The first-order chi connectivity index (χ1) is 12.7. The molecule has 140 valence electrons. The van der Waals surface area contributed by atoms with Crippen molar-refractivity contribution in [3.05, 3.63) is 54.6 Å². The van der Waals surface area contributed by atoms with E-state index < -0.39 is 0 Å². The van der Waals surface area contributed by atoms with E-state index in [0.29, 0.717) is 13.0 Å². The minimum atomic E-state index is 0.361. The number of carbonyl (C=O) groups excluding carboxylic acids is 1. The summed E-state index contributed by atoms with van der Waals surface area (Å²) in [5, 5.41) is 0. The summed E-state index contributed by atoms with van der Waals surface area (Å²) in [6.45, 7) is 8.54. The largest absolute Gasteiger partial charge is 0.494 e. The second kappa shape index (κ2) is 11.2. The molecule has 5 nitrogen and oxygen atoms in total. The standard InChI is InChI=1S/C21H29N3O2/c1-3-20(8-7-18(2)11-16-25)26-17-4-6-19-9-14-24(15-10-19)21-22-12-5-13-23-21/h3,5,7-8,12-13,16,19H,2,4,6,9-11,14-15,17H2,1H3/b8-7-,20-3+. The molecule has 0 unspecified atom stereocenters. The maximum absolute atomic E-state index is 10.4. The van der Waals surface area contributed by atoms with Crippen LogP contribution in [0.5, 0.6) is 0 Å². The van der Waals surface area contributed by atoms with E-state index in [0.717, 1.165) is 49.0 Å². The molecule has 2 heterocycles. The van der Waals surface area contributed by atoms with E-state index in [-0.39, 0.29) is 0 Å². The number of anilines is 1. The molecule has 0 spiro atoms. The Balaban J connectivity index is 1.63. The van der Waals surface area contributed by atoms with Gasteiger partial charge in [-0.25, -0.2) is 9.97 Å². The molecule has 5 heteroatoms. The van der Waals surface area contributed by atoms with Gasteiger partial charge in [-0.15, -0.1) is 0 Å². The summed E-state index contributed by atoms with van der Waals surface area (Å²) in [5.41, 5.74) is 0.789. The first-order valence-corrected chi connectivity index (χ1v) is 9.33. The topological polar surface area (TPSA) is 55.3 Å². The van der Waals surface area contributed by atoms with Gasteiger partial charge in [-0.05, 0) is 62.3 Å². The van der Waals surface area contributed by atoms with Crippen molar-refractivity contribution in [2.24, 2.45) is 5.92 Å². The number of rotatable bonds is 10. The van der Waals surface area contributed by atoms with E-state index in [1.165, 1.54) is 19.3 Å². The summed E-state index contributed by atoms with van der Waals surface area (Å²) in [6.07, 6.45) is 15.1. The molecule has 2 rings (SSSR count). The smallest absolute Gasteiger partial charge is 0.225 e.